The molecule has 0 radical (unpaired) electrons. The Bertz CT molecular complexity index is 1360. The summed E-state index contributed by atoms with van der Waals surface area (Å²) >= 11 is 0. The third-order valence-corrected chi connectivity index (χ3v) is 7.19. The first-order chi connectivity index (χ1) is 16.5. The Balaban J connectivity index is 1.82. The average Bonchev–Trinajstić information content (AvgIpc) is 2.75. The molecule has 1 saturated heterocycles. The van der Waals surface area contributed by atoms with Crippen LogP contribution < -0.4 is 0 Å². The number of hydrogen-bond donors (Lipinski definition) is 0. The van der Waals surface area contributed by atoms with E-state index in [9.17, 15) is 30.8 Å². The van der Waals surface area contributed by atoms with Gasteiger partial charge in [0.05, 0.1) is 4.90 Å². The standard InChI is InChI=1S/C26H19F4NO3S/c1-16-2-4-25(5-3-16)35(33,34)31-14-19(6-17-8-21(27)12-22(28)9-17)26(32)20(15-31)7-18-10-23(29)13-24(30)11-18/h2-13H,14-15H2,1H3/b19-6-,20-7+. The predicted molar refractivity (Wildman–Crippen MR) is 124 cm³/mol. The van der Waals surface area contributed by atoms with Gasteiger partial charge >= 0.3 is 0 Å². The number of sulfonamides is 1. The molecule has 1 fully saturated rings. The molecule has 0 atom stereocenters. The Kier molecular flexibility index (Phi) is 6.73. The van der Waals surface area contributed by atoms with Gasteiger partial charge in [0.1, 0.15) is 23.3 Å². The minimum Gasteiger partial charge on any atom is -0.289 e. The molecule has 0 unspecified atom stereocenters. The number of aryl methyl sites for hydroxylation is 1. The molecule has 1 aliphatic rings. The summed E-state index contributed by atoms with van der Waals surface area (Å²) in [6, 6.07) is 11.5. The molecule has 1 aliphatic heterocycles. The van der Waals surface area contributed by atoms with Crippen LogP contribution >= 0.6 is 0 Å². The monoisotopic (exact) mass is 501 g/mol. The average molecular weight is 502 g/mol. The van der Waals surface area contributed by atoms with Gasteiger partial charge in [0.25, 0.3) is 0 Å². The molecule has 0 spiro atoms. The van der Waals surface area contributed by atoms with E-state index in [0.717, 1.165) is 34.1 Å². The third-order valence-electron chi connectivity index (χ3n) is 5.39. The highest BCUT2D eigenvalue weighted by atomic mass is 32.2. The van der Waals surface area contributed by atoms with Crippen LogP contribution in [0.25, 0.3) is 12.2 Å². The van der Waals surface area contributed by atoms with Crippen molar-refractivity contribution in [3.63, 3.8) is 0 Å². The van der Waals surface area contributed by atoms with E-state index in [1.54, 1.807) is 19.1 Å². The number of hydrogen-bond acceptors (Lipinski definition) is 3. The first-order valence-electron chi connectivity index (χ1n) is 10.5. The van der Waals surface area contributed by atoms with E-state index in [-0.39, 0.29) is 40.3 Å². The van der Waals surface area contributed by atoms with Crippen LogP contribution in [0.5, 0.6) is 0 Å². The third kappa shape index (κ3) is 5.58. The molecular formula is C26H19F4NO3S. The lowest BCUT2D eigenvalue weighted by atomic mass is 9.95. The van der Waals surface area contributed by atoms with Crippen LogP contribution in [0.1, 0.15) is 16.7 Å². The van der Waals surface area contributed by atoms with E-state index in [1.807, 2.05) is 0 Å². The molecule has 180 valence electrons. The highest BCUT2D eigenvalue weighted by Crippen LogP contribution is 2.28. The number of nitrogens with zero attached hydrogens (tertiary/aromatic N) is 1. The van der Waals surface area contributed by atoms with Crippen molar-refractivity contribution in [1.29, 1.82) is 0 Å². The number of carbonyl (C=O) groups excluding carboxylic acids is 1. The first-order valence-corrected chi connectivity index (χ1v) is 11.9. The van der Waals surface area contributed by atoms with Crippen molar-refractivity contribution >= 4 is 28.0 Å². The molecule has 0 amide bonds. The van der Waals surface area contributed by atoms with E-state index < -0.39 is 39.1 Å². The van der Waals surface area contributed by atoms with Crippen LogP contribution in [0.15, 0.2) is 76.7 Å². The fraction of sp³-hybridized carbons (Fsp3) is 0.115. The molecule has 0 aliphatic carbocycles. The lowest BCUT2D eigenvalue weighted by molar-refractivity contribution is -0.113. The molecule has 0 saturated carbocycles. The summed E-state index contributed by atoms with van der Waals surface area (Å²) in [5, 5.41) is 0. The molecule has 0 N–H and O–H groups in total. The van der Waals surface area contributed by atoms with Gasteiger partial charge in [-0.1, -0.05) is 17.7 Å². The van der Waals surface area contributed by atoms with Crippen LogP contribution in [-0.2, 0) is 14.8 Å². The molecule has 3 aromatic carbocycles. The van der Waals surface area contributed by atoms with Gasteiger partial charge in [-0.15, -0.1) is 0 Å². The maximum atomic E-state index is 13.7. The van der Waals surface area contributed by atoms with Gasteiger partial charge in [-0.05, 0) is 66.6 Å². The zero-order valence-electron chi connectivity index (χ0n) is 18.4. The van der Waals surface area contributed by atoms with Gasteiger partial charge in [0.2, 0.25) is 10.0 Å². The quantitative estimate of drug-likeness (QED) is 0.361. The molecule has 0 aromatic heterocycles. The number of ketones is 1. The van der Waals surface area contributed by atoms with Gasteiger partial charge in [-0.3, -0.25) is 4.79 Å². The Labute approximate surface area is 199 Å². The van der Waals surface area contributed by atoms with Crippen molar-refractivity contribution in [1.82, 2.24) is 4.31 Å². The van der Waals surface area contributed by atoms with E-state index >= 15 is 0 Å². The lowest BCUT2D eigenvalue weighted by Crippen LogP contribution is -2.41. The zero-order chi connectivity index (χ0) is 25.3. The van der Waals surface area contributed by atoms with Crippen LogP contribution in [0.4, 0.5) is 17.6 Å². The van der Waals surface area contributed by atoms with Crippen molar-refractivity contribution in [2.45, 2.75) is 11.8 Å². The Morgan fingerprint density at radius 2 is 1.11 bits per heavy atom. The zero-order valence-corrected chi connectivity index (χ0v) is 19.3. The minimum absolute atomic E-state index is 0.00949. The van der Waals surface area contributed by atoms with Crippen molar-refractivity contribution in [3.05, 3.63) is 112 Å². The van der Waals surface area contributed by atoms with Crippen LogP contribution in [0.2, 0.25) is 0 Å². The van der Waals surface area contributed by atoms with Crippen LogP contribution in [-0.4, -0.2) is 31.6 Å². The Hall–Kier alpha value is -3.56. The summed E-state index contributed by atoms with van der Waals surface area (Å²) in [4.78, 5) is 13.2. The number of rotatable bonds is 4. The summed E-state index contributed by atoms with van der Waals surface area (Å²) in [6.07, 6.45) is 2.40. The molecule has 1 heterocycles. The number of carbonyl (C=O) groups is 1. The van der Waals surface area contributed by atoms with E-state index in [1.165, 1.54) is 24.3 Å². The molecule has 35 heavy (non-hydrogen) atoms. The summed E-state index contributed by atoms with van der Waals surface area (Å²) in [7, 11) is -4.08. The van der Waals surface area contributed by atoms with Crippen molar-refractivity contribution in [2.75, 3.05) is 13.1 Å². The van der Waals surface area contributed by atoms with Gasteiger partial charge in [0.15, 0.2) is 5.78 Å². The molecular weight excluding hydrogens is 482 g/mol. The summed E-state index contributed by atoms with van der Waals surface area (Å²) < 4.78 is 82.5. The molecule has 4 rings (SSSR count). The van der Waals surface area contributed by atoms with Crippen molar-refractivity contribution in [3.8, 4) is 0 Å². The second-order valence-electron chi connectivity index (χ2n) is 8.16. The van der Waals surface area contributed by atoms with Crippen LogP contribution in [0.3, 0.4) is 0 Å². The molecule has 0 bridgehead atoms. The van der Waals surface area contributed by atoms with Crippen molar-refractivity contribution < 1.29 is 30.8 Å². The van der Waals surface area contributed by atoms with Gasteiger partial charge in [-0.25, -0.2) is 26.0 Å². The van der Waals surface area contributed by atoms with Crippen LogP contribution in [0, 0.1) is 30.2 Å². The second-order valence-corrected chi connectivity index (χ2v) is 10.1. The minimum atomic E-state index is -4.08. The number of halogens is 4. The molecule has 3 aromatic rings. The fourth-order valence-corrected chi connectivity index (χ4v) is 5.15. The smallest absolute Gasteiger partial charge is 0.243 e. The van der Waals surface area contributed by atoms with Gasteiger partial charge < -0.3 is 0 Å². The van der Waals surface area contributed by atoms with E-state index in [2.05, 4.69) is 0 Å². The molecule has 9 heteroatoms. The summed E-state index contributed by atoms with van der Waals surface area (Å²) in [5.41, 5.74) is 0.786. The lowest BCUT2D eigenvalue weighted by Gasteiger charge is -2.29. The maximum Gasteiger partial charge on any atom is 0.243 e. The number of Topliss-reactive ketones (excluding diaryl/α,β-unsaturated/α-hetero) is 1. The maximum absolute atomic E-state index is 13.7. The Morgan fingerprint density at radius 1 is 0.714 bits per heavy atom. The van der Waals surface area contributed by atoms with E-state index in [4.69, 9.17) is 0 Å². The largest absolute Gasteiger partial charge is 0.289 e. The summed E-state index contributed by atoms with van der Waals surface area (Å²) in [5.74, 6) is -4.06. The fourth-order valence-electron chi connectivity index (χ4n) is 3.76. The van der Waals surface area contributed by atoms with Crippen molar-refractivity contribution in [2.24, 2.45) is 0 Å². The van der Waals surface area contributed by atoms with E-state index in [0.29, 0.717) is 12.1 Å². The SMILES string of the molecule is Cc1ccc(S(=O)(=O)N2C/C(=C/c3cc(F)cc(F)c3)C(=O)/C(=C/c3cc(F)cc(F)c3)C2)cc1. The Morgan fingerprint density at radius 3 is 1.51 bits per heavy atom. The first kappa shape index (κ1) is 24.6. The number of benzene rings is 3. The normalized spacial score (nSPS) is 17.3. The second kappa shape index (κ2) is 9.59. The summed E-state index contributed by atoms with van der Waals surface area (Å²) in [6.45, 7) is 1.08. The number of piperidine rings is 1. The predicted octanol–water partition coefficient (Wildman–Crippen LogP) is 5.29. The topological polar surface area (TPSA) is 54.5 Å². The van der Waals surface area contributed by atoms with Gasteiger partial charge in [0, 0.05) is 36.4 Å². The molecule has 4 nitrogen and oxygen atoms in total. The highest BCUT2D eigenvalue weighted by molar-refractivity contribution is 7.89. The van der Waals surface area contributed by atoms with Gasteiger partial charge in [-0.2, -0.15) is 4.31 Å². The highest BCUT2D eigenvalue weighted by Gasteiger charge is 2.34.